The van der Waals surface area contributed by atoms with Gasteiger partial charge in [-0.2, -0.15) is 5.10 Å². The number of imide groups is 1. The van der Waals surface area contributed by atoms with Gasteiger partial charge in [0, 0.05) is 44.0 Å². The fourth-order valence-corrected chi connectivity index (χ4v) is 4.51. The van der Waals surface area contributed by atoms with Crippen molar-refractivity contribution in [3.8, 4) is 0 Å². The number of piperazine rings is 1. The molecule has 0 aliphatic carbocycles. The maximum absolute atomic E-state index is 12.8. The van der Waals surface area contributed by atoms with E-state index in [0.29, 0.717) is 30.8 Å². The van der Waals surface area contributed by atoms with E-state index in [1.807, 2.05) is 18.2 Å². The Kier molecular flexibility index (Phi) is 6.98. The molecule has 3 atom stereocenters. The predicted molar refractivity (Wildman–Crippen MR) is 120 cm³/mol. The molecule has 0 spiro atoms. The summed E-state index contributed by atoms with van der Waals surface area (Å²) in [6, 6.07) is 6.17. The summed E-state index contributed by atoms with van der Waals surface area (Å²) < 4.78 is 1.69. The number of rotatable bonds is 4. The average molecular weight is 449 g/mol. The highest BCUT2D eigenvalue weighted by Crippen LogP contribution is 2.33. The predicted octanol–water partition coefficient (Wildman–Crippen LogP) is 1.14. The Morgan fingerprint density at radius 2 is 1.94 bits per heavy atom. The lowest BCUT2D eigenvalue weighted by Gasteiger charge is -2.38. The Labute approximate surface area is 187 Å². The zero-order valence-electron chi connectivity index (χ0n) is 18.0. The highest BCUT2D eigenvalue weighted by Gasteiger charge is 2.32. The number of halogens is 1. The minimum atomic E-state index is -0.472. The van der Waals surface area contributed by atoms with Crippen LogP contribution in [0.15, 0.2) is 18.2 Å². The first-order valence-corrected chi connectivity index (χ1v) is 10.4. The summed E-state index contributed by atoms with van der Waals surface area (Å²) in [6.07, 6.45) is 0.734. The molecule has 2 aliphatic heterocycles. The lowest BCUT2D eigenvalue weighted by molar-refractivity contribution is -0.134. The summed E-state index contributed by atoms with van der Waals surface area (Å²) in [4.78, 5) is 38.9. The number of para-hydroxylation sites is 1. The zero-order valence-corrected chi connectivity index (χ0v) is 18.8. The van der Waals surface area contributed by atoms with Gasteiger partial charge in [-0.25, -0.2) is 0 Å². The van der Waals surface area contributed by atoms with Gasteiger partial charge in [0.25, 0.3) is 0 Å². The van der Waals surface area contributed by atoms with Gasteiger partial charge in [0.2, 0.25) is 17.7 Å². The lowest BCUT2D eigenvalue weighted by atomic mass is 9.92. The van der Waals surface area contributed by atoms with E-state index in [2.05, 4.69) is 39.8 Å². The average Bonchev–Trinajstić information content (AvgIpc) is 3.02. The molecule has 1 aromatic heterocycles. The number of aromatic nitrogens is 2. The van der Waals surface area contributed by atoms with Crippen molar-refractivity contribution in [2.75, 3.05) is 25.0 Å². The van der Waals surface area contributed by atoms with Crippen molar-refractivity contribution in [3.63, 3.8) is 0 Å². The standard InChI is InChI=1S/C21H28N6O3.ClH/c1-12-9-22-10-13(2)27(12)11-18(29)23-16-6-4-5-14-19(25-26(3)20(14)16)15-7-8-17(28)24-21(15)30;/h4-6,12-13,15,22H,7-11H2,1-3H3,(H,23,29)(H,24,28,30);1H/t12-,13+,15?;. The molecule has 0 bridgehead atoms. The van der Waals surface area contributed by atoms with Crippen LogP contribution in [0.3, 0.4) is 0 Å². The Morgan fingerprint density at radius 1 is 1.23 bits per heavy atom. The summed E-state index contributed by atoms with van der Waals surface area (Å²) in [7, 11) is 1.80. The number of nitrogens with zero attached hydrogens (tertiary/aromatic N) is 3. The number of fused-ring (bicyclic) bond motifs is 1. The van der Waals surface area contributed by atoms with Crippen LogP contribution in [-0.2, 0) is 21.4 Å². The first-order valence-electron chi connectivity index (χ1n) is 10.4. The van der Waals surface area contributed by atoms with Crippen molar-refractivity contribution in [3.05, 3.63) is 23.9 Å². The molecule has 2 aromatic rings. The summed E-state index contributed by atoms with van der Waals surface area (Å²) in [5.74, 6) is -1.12. The van der Waals surface area contributed by atoms with E-state index in [9.17, 15) is 14.4 Å². The smallest absolute Gasteiger partial charge is 0.238 e. The molecule has 2 fully saturated rings. The number of amides is 3. The number of piperidine rings is 1. The first-order chi connectivity index (χ1) is 14.3. The van der Waals surface area contributed by atoms with E-state index in [4.69, 9.17) is 0 Å². The number of benzene rings is 1. The van der Waals surface area contributed by atoms with Gasteiger partial charge < -0.3 is 10.6 Å². The molecule has 2 aliphatic rings. The molecule has 31 heavy (non-hydrogen) atoms. The zero-order chi connectivity index (χ0) is 21.4. The molecule has 0 saturated carbocycles. The van der Waals surface area contributed by atoms with Crippen LogP contribution in [0.25, 0.3) is 10.9 Å². The maximum Gasteiger partial charge on any atom is 0.238 e. The van der Waals surface area contributed by atoms with E-state index in [0.717, 1.165) is 24.0 Å². The number of carbonyl (C=O) groups is 3. The van der Waals surface area contributed by atoms with Gasteiger partial charge in [-0.05, 0) is 26.3 Å². The second-order valence-corrected chi connectivity index (χ2v) is 8.29. The normalized spacial score (nSPS) is 24.5. The van der Waals surface area contributed by atoms with Gasteiger partial charge in [-0.15, -0.1) is 12.4 Å². The third-order valence-electron chi connectivity index (χ3n) is 6.07. The van der Waals surface area contributed by atoms with E-state index >= 15 is 0 Å². The van der Waals surface area contributed by atoms with Crippen LogP contribution >= 0.6 is 12.4 Å². The van der Waals surface area contributed by atoms with Crippen molar-refractivity contribution in [2.24, 2.45) is 7.05 Å². The third kappa shape index (κ3) is 4.58. The monoisotopic (exact) mass is 448 g/mol. The van der Waals surface area contributed by atoms with Crippen molar-refractivity contribution < 1.29 is 14.4 Å². The summed E-state index contributed by atoms with van der Waals surface area (Å²) in [5.41, 5.74) is 2.08. The maximum atomic E-state index is 12.8. The minimum Gasteiger partial charge on any atom is -0.323 e. The number of anilines is 1. The van der Waals surface area contributed by atoms with E-state index in [1.54, 1.807) is 11.7 Å². The fraction of sp³-hybridized carbons (Fsp3) is 0.524. The topological polar surface area (TPSA) is 108 Å². The Hall–Kier alpha value is -2.49. The van der Waals surface area contributed by atoms with Crippen LogP contribution < -0.4 is 16.0 Å². The highest BCUT2D eigenvalue weighted by atomic mass is 35.5. The van der Waals surface area contributed by atoms with Crippen LogP contribution in [0.2, 0.25) is 0 Å². The van der Waals surface area contributed by atoms with Crippen molar-refractivity contribution in [2.45, 2.75) is 44.7 Å². The van der Waals surface area contributed by atoms with Crippen molar-refractivity contribution in [1.29, 1.82) is 0 Å². The molecule has 9 nitrogen and oxygen atoms in total. The van der Waals surface area contributed by atoms with Crippen LogP contribution in [0.4, 0.5) is 5.69 Å². The first kappa shape index (κ1) is 23.2. The van der Waals surface area contributed by atoms with Gasteiger partial charge in [-0.3, -0.25) is 29.3 Å². The van der Waals surface area contributed by atoms with Crippen LogP contribution in [0, 0.1) is 0 Å². The summed E-state index contributed by atoms with van der Waals surface area (Å²) in [5, 5.41) is 14.2. The largest absolute Gasteiger partial charge is 0.323 e. The second kappa shape index (κ2) is 9.33. The van der Waals surface area contributed by atoms with Crippen LogP contribution in [-0.4, -0.2) is 64.1 Å². The Bertz CT molecular complexity index is 996. The van der Waals surface area contributed by atoms with Crippen LogP contribution in [0.5, 0.6) is 0 Å². The molecule has 3 heterocycles. The summed E-state index contributed by atoms with van der Waals surface area (Å²) >= 11 is 0. The molecule has 1 aromatic carbocycles. The minimum absolute atomic E-state index is 0. The fourth-order valence-electron chi connectivity index (χ4n) is 4.51. The molecular formula is C21H29ClN6O3. The highest BCUT2D eigenvalue weighted by molar-refractivity contribution is 6.05. The van der Waals surface area contributed by atoms with Gasteiger partial charge >= 0.3 is 0 Å². The molecule has 168 valence electrons. The van der Waals surface area contributed by atoms with E-state index in [1.165, 1.54) is 0 Å². The molecule has 0 radical (unpaired) electrons. The van der Waals surface area contributed by atoms with E-state index < -0.39 is 5.92 Å². The SMILES string of the molecule is C[C@@H]1CNC[C@H](C)N1CC(=O)Nc1cccc2c(C3CCC(=O)NC3=O)nn(C)c12.Cl. The Morgan fingerprint density at radius 3 is 2.61 bits per heavy atom. The van der Waals surface area contributed by atoms with Gasteiger partial charge in [0.1, 0.15) is 0 Å². The number of hydrogen-bond donors (Lipinski definition) is 3. The van der Waals surface area contributed by atoms with Crippen molar-refractivity contribution >= 4 is 46.7 Å². The molecule has 4 rings (SSSR count). The van der Waals surface area contributed by atoms with E-state index in [-0.39, 0.29) is 42.2 Å². The van der Waals surface area contributed by atoms with Gasteiger partial charge in [-0.1, -0.05) is 12.1 Å². The third-order valence-corrected chi connectivity index (χ3v) is 6.07. The number of carbonyl (C=O) groups excluding carboxylic acids is 3. The Balaban J connectivity index is 0.00000272. The second-order valence-electron chi connectivity index (χ2n) is 8.29. The quantitative estimate of drug-likeness (QED) is 0.605. The molecule has 1 unspecified atom stereocenters. The number of aryl methyl sites for hydroxylation is 1. The molecule has 2 saturated heterocycles. The van der Waals surface area contributed by atoms with Crippen molar-refractivity contribution in [1.82, 2.24) is 25.3 Å². The number of nitrogens with one attached hydrogen (secondary N) is 3. The molecule has 3 N–H and O–H groups in total. The number of hydrogen-bond acceptors (Lipinski definition) is 6. The molecule has 3 amide bonds. The van der Waals surface area contributed by atoms with Gasteiger partial charge in [0.15, 0.2) is 0 Å². The van der Waals surface area contributed by atoms with Crippen LogP contribution in [0.1, 0.15) is 38.3 Å². The summed E-state index contributed by atoms with van der Waals surface area (Å²) in [6.45, 7) is 6.28. The van der Waals surface area contributed by atoms with Gasteiger partial charge in [0.05, 0.1) is 29.4 Å². The molecular weight excluding hydrogens is 420 g/mol. The lowest BCUT2D eigenvalue weighted by Crippen LogP contribution is -2.56. The molecule has 10 heteroatoms.